The minimum atomic E-state index is -0.235. The van der Waals surface area contributed by atoms with E-state index in [4.69, 9.17) is 4.74 Å². The van der Waals surface area contributed by atoms with Gasteiger partial charge in [-0.15, -0.1) is 0 Å². The number of carbonyl (C=O) groups is 1. The Balaban J connectivity index is 1.41. The van der Waals surface area contributed by atoms with Gasteiger partial charge in [-0.3, -0.25) is 9.78 Å². The van der Waals surface area contributed by atoms with Gasteiger partial charge in [-0.1, -0.05) is 30.9 Å². The predicted molar refractivity (Wildman–Crippen MR) is 140 cm³/mol. The normalized spacial score (nSPS) is 10.7. The highest BCUT2D eigenvalue weighted by atomic mass is 16.5. The molecule has 4 rings (SSSR count). The quantitative estimate of drug-likeness (QED) is 0.241. The van der Waals surface area contributed by atoms with Gasteiger partial charge >= 0.3 is 0 Å². The highest BCUT2D eigenvalue weighted by Gasteiger charge is 2.07. The maximum Gasteiger partial charge on any atom is 0.248 e. The van der Waals surface area contributed by atoms with Crippen LogP contribution in [0, 0.1) is 6.92 Å². The lowest BCUT2D eigenvalue weighted by Gasteiger charge is -2.11. The molecule has 0 aliphatic carbocycles. The van der Waals surface area contributed by atoms with Crippen molar-refractivity contribution >= 4 is 29.3 Å². The number of hydrogen-bond acceptors (Lipinski definition) is 6. The number of aromatic nitrogens is 3. The van der Waals surface area contributed by atoms with Crippen LogP contribution in [-0.2, 0) is 4.79 Å². The molecule has 4 aromatic rings. The summed E-state index contributed by atoms with van der Waals surface area (Å²) in [4.78, 5) is 25.5. The van der Waals surface area contributed by atoms with Crippen molar-refractivity contribution in [3.63, 3.8) is 0 Å². The van der Waals surface area contributed by atoms with Crippen molar-refractivity contribution in [3.8, 4) is 17.0 Å². The molecular formula is C28H25N5O2. The van der Waals surface area contributed by atoms with E-state index in [0.717, 1.165) is 33.8 Å². The molecule has 0 saturated heterocycles. The van der Waals surface area contributed by atoms with Crippen LogP contribution in [0.2, 0.25) is 0 Å². The Morgan fingerprint density at radius 3 is 2.71 bits per heavy atom. The zero-order valence-corrected chi connectivity index (χ0v) is 19.3. The SMILES string of the molecule is C=CCOc1ccc(/C=C/C(=O)Nc2ccc(C)c(Nc3nccc(-c4cccnc4)n3)c2)cc1. The molecule has 174 valence electrons. The fraction of sp³-hybridized carbons (Fsp3) is 0.0714. The van der Waals surface area contributed by atoms with Crippen molar-refractivity contribution < 1.29 is 9.53 Å². The zero-order chi connectivity index (χ0) is 24.5. The number of aryl methyl sites for hydroxylation is 1. The minimum absolute atomic E-state index is 0.235. The van der Waals surface area contributed by atoms with Gasteiger partial charge in [-0.05, 0) is 66.6 Å². The van der Waals surface area contributed by atoms with Crippen LogP contribution < -0.4 is 15.4 Å². The highest BCUT2D eigenvalue weighted by Crippen LogP contribution is 2.24. The van der Waals surface area contributed by atoms with Gasteiger partial charge in [0.15, 0.2) is 0 Å². The van der Waals surface area contributed by atoms with Gasteiger partial charge in [0.25, 0.3) is 0 Å². The van der Waals surface area contributed by atoms with Gasteiger partial charge in [-0.2, -0.15) is 0 Å². The number of carbonyl (C=O) groups excluding carboxylic acids is 1. The number of hydrogen-bond donors (Lipinski definition) is 2. The fourth-order valence-corrected chi connectivity index (χ4v) is 3.24. The molecule has 2 heterocycles. The van der Waals surface area contributed by atoms with E-state index in [-0.39, 0.29) is 5.91 Å². The second-order valence-electron chi connectivity index (χ2n) is 7.65. The van der Waals surface area contributed by atoms with E-state index in [1.165, 1.54) is 6.08 Å². The van der Waals surface area contributed by atoms with Gasteiger partial charge in [0.05, 0.1) is 5.69 Å². The number of benzene rings is 2. The highest BCUT2D eigenvalue weighted by molar-refractivity contribution is 6.02. The van der Waals surface area contributed by atoms with Gasteiger partial charge < -0.3 is 15.4 Å². The molecular weight excluding hydrogens is 438 g/mol. The molecule has 0 radical (unpaired) electrons. The van der Waals surface area contributed by atoms with Gasteiger partial charge in [0, 0.05) is 41.6 Å². The average Bonchev–Trinajstić information content (AvgIpc) is 2.89. The Hall–Kier alpha value is -4.78. The lowest BCUT2D eigenvalue weighted by Crippen LogP contribution is -2.08. The second-order valence-corrected chi connectivity index (χ2v) is 7.65. The third-order valence-electron chi connectivity index (χ3n) is 5.04. The molecule has 0 unspecified atom stereocenters. The summed E-state index contributed by atoms with van der Waals surface area (Å²) in [7, 11) is 0. The van der Waals surface area contributed by atoms with Crippen LogP contribution in [0.25, 0.3) is 17.3 Å². The van der Waals surface area contributed by atoms with Crippen molar-refractivity contribution in [1.29, 1.82) is 0 Å². The number of nitrogens with one attached hydrogen (secondary N) is 2. The lowest BCUT2D eigenvalue weighted by atomic mass is 10.1. The molecule has 0 spiro atoms. The van der Waals surface area contributed by atoms with Crippen LogP contribution in [0.1, 0.15) is 11.1 Å². The van der Waals surface area contributed by atoms with E-state index in [1.807, 2.05) is 67.6 Å². The zero-order valence-electron chi connectivity index (χ0n) is 19.3. The molecule has 0 aliphatic rings. The summed E-state index contributed by atoms with van der Waals surface area (Å²) in [6, 6.07) is 18.7. The first-order valence-corrected chi connectivity index (χ1v) is 11.0. The third kappa shape index (κ3) is 6.61. The second kappa shape index (κ2) is 11.4. The van der Waals surface area contributed by atoms with Gasteiger partial charge in [0.1, 0.15) is 12.4 Å². The summed E-state index contributed by atoms with van der Waals surface area (Å²) in [5, 5.41) is 6.14. The first-order chi connectivity index (χ1) is 17.1. The van der Waals surface area contributed by atoms with Crippen LogP contribution in [0.3, 0.4) is 0 Å². The topological polar surface area (TPSA) is 89.0 Å². The molecule has 0 fully saturated rings. The molecule has 35 heavy (non-hydrogen) atoms. The molecule has 0 bridgehead atoms. The smallest absolute Gasteiger partial charge is 0.248 e. The van der Waals surface area contributed by atoms with E-state index in [9.17, 15) is 4.79 Å². The molecule has 0 aliphatic heterocycles. The number of nitrogens with zero attached hydrogens (tertiary/aromatic N) is 3. The summed E-state index contributed by atoms with van der Waals surface area (Å²) >= 11 is 0. The maximum atomic E-state index is 12.5. The largest absolute Gasteiger partial charge is 0.490 e. The van der Waals surface area contributed by atoms with Crippen molar-refractivity contribution in [2.45, 2.75) is 6.92 Å². The molecule has 2 aromatic carbocycles. The number of ether oxygens (including phenoxy) is 1. The van der Waals surface area contributed by atoms with Gasteiger partial charge in [0.2, 0.25) is 11.9 Å². The van der Waals surface area contributed by atoms with Crippen molar-refractivity contribution in [2.24, 2.45) is 0 Å². The molecule has 2 N–H and O–H groups in total. The molecule has 7 nitrogen and oxygen atoms in total. The molecule has 0 saturated carbocycles. The van der Waals surface area contributed by atoms with E-state index in [1.54, 1.807) is 30.7 Å². The average molecular weight is 464 g/mol. The lowest BCUT2D eigenvalue weighted by molar-refractivity contribution is -0.111. The Labute approximate surface area is 204 Å². The Bertz CT molecular complexity index is 1340. The Morgan fingerprint density at radius 1 is 1.09 bits per heavy atom. The summed E-state index contributed by atoms with van der Waals surface area (Å²) in [6.45, 7) is 6.05. The summed E-state index contributed by atoms with van der Waals surface area (Å²) in [6.07, 6.45) is 10.1. The predicted octanol–water partition coefficient (Wildman–Crippen LogP) is 5.81. The summed E-state index contributed by atoms with van der Waals surface area (Å²) in [5.74, 6) is 0.973. The van der Waals surface area contributed by atoms with E-state index < -0.39 is 0 Å². The van der Waals surface area contributed by atoms with Crippen LogP contribution in [0.4, 0.5) is 17.3 Å². The summed E-state index contributed by atoms with van der Waals surface area (Å²) in [5.41, 5.74) is 5.01. The van der Waals surface area contributed by atoms with E-state index >= 15 is 0 Å². The summed E-state index contributed by atoms with van der Waals surface area (Å²) < 4.78 is 5.47. The first kappa shape index (κ1) is 23.4. The maximum absolute atomic E-state index is 12.5. The number of anilines is 3. The van der Waals surface area contributed by atoms with Crippen molar-refractivity contribution in [2.75, 3.05) is 17.2 Å². The third-order valence-corrected chi connectivity index (χ3v) is 5.04. The Morgan fingerprint density at radius 2 is 1.94 bits per heavy atom. The number of pyridine rings is 1. The Kier molecular flexibility index (Phi) is 7.60. The van der Waals surface area contributed by atoms with Crippen LogP contribution in [-0.4, -0.2) is 27.5 Å². The monoisotopic (exact) mass is 463 g/mol. The molecule has 0 atom stereocenters. The van der Waals surface area contributed by atoms with E-state index in [0.29, 0.717) is 18.2 Å². The van der Waals surface area contributed by atoms with Gasteiger partial charge in [-0.25, -0.2) is 9.97 Å². The number of amides is 1. The standard InChI is InChI=1S/C28H25N5O2/c1-3-17-35-24-11-7-21(8-12-24)9-13-27(34)31-23-10-6-20(2)26(18-23)33-28-30-16-14-25(32-28)22-5-4-15-29-19-22/h3-16,18-19H,1,17H2,2H3,(H,31,34)(H,30,32,33)/b13-9+. The fourth-order valence-electron chi connectivity index (χ4n) is 3.24. The van der Waals surface area contributed by atoms with Crippen LogP contribution in [0.15, 0.2) is 98.0 Å². The van der Waals surface area contributed by atoms with Crippen LogP contribution >= 0.6 is 0 Å². The number of rotatable bonds is 9. The minimum Gasteiger partial charge on any atom is -0.490 e. The molecule has 1 amide bonds. The first-order valence-electron chi connectivity index (χ1n) is 11.0. The van der Waals surface area contributed by atoms with E-state index in [2.05, 4.69) is 32.2 Å². The van der Waals surface area contributed by atoms with Crippen molar-refractivity contribution in [3.05, 3.63) is 109 Å². The molecule has 2 aromatic heterocycles. The van der Waals surface area contributed by atoms with Crippen molar-refractivity contribution in [1.82, 2.24) is 15.0 Å². The van der Waals surface area contributed by atoms with Crippen LogP contribution in [0.5, 0.6) is 5.75 Å². The molecule has 7 heteroatoms.